The molecule has 0 saturated heterocycles. The third kappa shape index (κ3) is 1.40. The highest BCUT2D eigenvalue weighted by atomic mass is 127. The highest BCUT2D eigenvalue weighted by molar-refractivity contribution is 14.2. The summed E-state index contributed by atoms with van der Waals surface area (Å²) in [6.07, 6.45) is 5.29. The summed E-state index contributed by atoms with van der Waals surface area (Å²) >= 11 is 2.19. The van der Waals surface area contributed by atoms with E-state index in [1.54, 1.807) is 21.5 Å². The van der Waals surface area contributed by atoms with Crippen molar-refractivity contribution in [3.05, 3.63) is 30.2 Å². The van der Waals surface area contributed by atoms with Crippen LogP contribution in [0.15, 0.2) is 24.7 Å². The number of hydrogen-bond donors (Lipinski definition) is 0. The number of hydrogen-bond acceptors (Lipinski definition) is 3. The quantitative estimate of drug-likeness (QED) is 0.761. The average Bonchev–Trinajstić information content (AvgIpc) is 2.60. The van der Waals surface area contributed by atoms with Crippen molar-refractivity contribution in [1.29, 1.82) is 5.26 Å². The van der Waals surface area contributed by atoms with Crippen LogP contribution in [0.3, 0.4) is 0 Å². The predicted molar refractivity (Wildman–Crippen MR) is 61.5 cm³/mol. The molecule has 0 saturated carbocycles. The van der Waals surface area contributed by atoms with E-state index in [0.717, 1.165) is 10.9 Å². The second kappa shape index (κ2) is 3.55. The number of fused-ring (bicyclic) bond motifs is 1. The largest absolute Gasteiger partial charge is 0.281 e. The monoisotopic (exact) mass is 301 g/mol. The number of rotatable bonds is 1. The molecule has 64 valence electrons. The van der Waals surface area contributed by atoms with Gasteiger partial charge in [0.1, 0.15) is 6.07 Å². The van der Waals surface area contributed by atoms with E-state index in [1.165, 1.54) is 0 Å². The van der Waals surface area contributed by atoms with Gasteiger partial charge in [-0.15, -0.1) is 0 Å². The number of pyridine rings is 1. The Morgan fingerprint density at radius 2 is 2.38 bits per heavy atom. The van der Waals surface area contributed by atoms with Crippen molar-refractivity contribution in [3.63, 3.8) is 0 Å². The van der Waals surface area contributed by atoms with Crippen LogP contribution in [0.4, 0.5) is 0 Å². The molecule has 3 nitrogen and oxygen atoms in total. The van der Waals surface area contributed by atoms with Crippen LogP contribution in [-0.4, -0.2) is 8.96 Å². The van der Waals surface area contributed by atoms with Gasteiger partial charge in [-0.2, -0.15) is 5.26 Å². The van der Waals surface area contributed by atoms with Gasteiger partial charge in [-0.05, 0) is 6.07 Å². The van der Waals surface area contributed by atoms with E-state index < -0.39 is 0 Å². The average molecular weight is 301 g/mol. The van der Waals surface area contributed by atoms with Crippen molar-refractivity contribution in [2.75, 3.05) is 0 Å². The first-order valence-corrected chi connectivity index (χ1v) is 6.82. The van der Waals surface area contributed by atoms with E-state index in [2.05, 4.69) is 32.3 Å². The van der Waals surface area contributed by atoms with Gasteiger partial charge < -0.3 is 0 Å². The molecular weight excluding hydrogens is 297 g/mol. The Morgan fingerprint density at radius 3 is 3.08 bits per heavy atom. The number of aromatic nitrogens is 2. The lowest BCUT2D eigenvalue weighted by Gasteiger charge is -1.96. The molecule has 2 aromatic rings. The van der Waals surface area contributed by atoms with Gasteiger partial charge in [0.05, 0.1) is 17.3 Å². The second-order valence-electron chi connectivity index (χ2n) is 2.44. The molecule has 0 N–H and O–H groups in total. The standard InChI is InChI=1S/C8H4IN3S/c9-13-12-2-1-7-6(3-10)4-11-5-8(7)12/h1-2,4-5H. The van der Waals surface area contributed by atoms with E-state index in [0.29, 0.717) is 5.56 Å². The maximum atomic E-state index is 8.81. The van der Waals surface area contributed by atoms with Gasteiger partial charge >= 0.3 is 0 Å². The van der Waals surface area contributed by atoms with Crippen LogP contribution in [0.2, 0.25) is 0 Å². The smallest absolute Gasteiger partial charge is 0.101 e. The summed E-state index contributed by atoms with van der Waals surface area (Å²) in [6, 6.07) is 4.05. The fourth-order valence-electron chi connectivity index (χ4n) is 1.18. The molecule has 0 bridgehead atoms. The van der Waals surface area contributed by atoms with Crippen molar-refractivity contribution in [2.24, 2.45) is 0 Å². The fourth-order valence-corrected chi connectivity index (χ4v) is 2.54. The Morgan fingerprint density at radius 1 is 1.54 bits per heavy atom. The summed E-state index contributed by atoms with van der Waals surface area (Å²) in [5.74, 6) is 0. The van der Waals surface area contributed by atoms with Crippen molar-refractivity contribution in [2.45, 2.75) is 0 Å². The number of halogens is 1. The Hall–Kier alpha value is -0.740. The topological polar surface area (TPSA) is 41.6 Å². The summed E-state index contributed by atoms with van der Waals surface area (Å²) in [5.41, 5.74) is 1.61. The molecule has 0 aliphatic carbocycles. The van der Waals surface area contributed by atoms with Gasteiger partial charge in [0.15, 0.2) is 0 Å². The molecule has 0 aromatic carbocycles. The molecule has 0 spiro atoms. The maximum Gasteiger partial charge on any atom is 0.101 e. The van der Waals surface area contributed by atoms with E-state index in [4.69, 9.17) is 5.26 Å². The normalized spacial score (nSPS) is 10.2. The highest BCUT2D eigenvalue weighted by Gasteiger charge is 2.04. The Labute approximate surface area is 91.5 Å². The molecule has 0 fully saturated rings. The van der Waals surface area contributed by atoms with Crippen molar-refractivity contribution >= 4 is 41.2 Å². The Balaban J connectivity index is 2.81. The van der Waals surface area contributed by atoms with E-state index in [9.17, 15) is 0 Å². The molecular formula is C8H4IN3S. The first kappa shape index (κ1) is 8.84. The van der Waals surface area contributed by atoms with Crippen LogP contribution < -0.4 is 0 Å². The van der Waals surface area contributed by atoms with Gasteiger partial charge in [0.2, 0.25) is 0 Å². The number of nitrogens with zero attached hydrogens (tertiary/aromatic N) is 3. The zero-order valence-corrected chi connectivity index (χ0v) is 9.41. The molecule has 5 heteroatoms. The highest BCUT2D eigenvalue weighted by Crippen LogP contribution is 2.25. The van der Waals surface area contributed by atoms with Crippen molar-refractivity contribution < 1.29 is 0 Å². The maximum absolute atomic E-state index is 8.81. The summed E-state index contributed by atoms with van der Waals surface area (Å²) < 4.78 is 1.98. The summed E-state index contributed by atoms with van der Waals surface area (Å²) in [4.78, 5) is 4.00. The molecule has 0 amide bonds. The summed E-state index contributed by atoms with van der Waals surface area (Å²) in [7, 11) is 1.56. The molecule has 2 rings (SSSR count). The Bertz CT molecular complexity index is 486. The third-order valence-electron chi connectivity index (χ3n) is 1.78. The van der Waals surface area contributed by atoms with Crippen LogP contribution in [0.25, 0.3) is 10.9 Å². The molecule has 13 heavy (non-hydrogen) atoms. The van der Waals surface area contributed by atoms with Gasteiger partial charge in [-0.25, -0.2) is 0 Å². The number of nitriles is 1. The second-order valence-corrected chi connectivity index (χ2v) is 4.16. The fraction of sp³-hybridized carbons (Fsp3) is 0. The first-order valence-electron chi connectivity index (χ1n) is 3.51. The molecule has 0 radical (unpaired) electrons. The lowest BCUT2D eigenvalue weighted by atomic mass is 10.2. The van der Waals surface area contributed by atoms with Gasteiger partial charge in [0.25, 0.3) is 0 Å². The minimum Gasteiger partial charge on any atom is -0.281 e. The molecule has 2 aromatic heterocycles. The SMILES string of the molecule is N#Cc1cncc2c1ccn2SI. The van der Waals surface area contributed by atoms with Crippen LogP contribution in [0, 0.1) is 11.3 Å². The van der Waals surface area contributed by atoms with Crippen LogP contribution in [-0.2, 0) is 0 Å². The predicted octanol–water partition coefficient (Wildman–Crippen LogP) is 2.75. The van der Waals surface area contributed by atoms with Gasteiger partial charge in [-0.1, -0.05) is 0 Å². The molecule has 2 heterocycles. The van der Waals surface area contributed by atoms with Gasteiger partial charge in [-0.3, -0.25) is 8.96 Å². The van der Waals surface area contributed by atoms with E-state index in [-0.39, 0.29) is 0 Å². The van der Waals surface area contributed by atoms with E-state index in [1.807, 2.05) is 16.2 Å². The van der Waals surface area contributed by atoms with Crippen molar-refractivity contribution in [3.8, 4) is 6.07 Å². The molecule has 0 aliphatic rings. The lowest BCUT2D eigenvalue weighted by molar-refractivity contribution is 1.29. The molecule has 0 atom stereocenters. The van der Waals surface area contributed by atoms with Crippen LogP contribution in [0.1, 0.15) is 5.56 Å². The third-order valence-corrected chi connectivity index (χ3v) is 3.52. The van der Waals surface area contributed by atoms with Crippen LogP contribution in [0.5, 0.6) is 0 Å². The van der Waals surface area contributed by atoms with E-state index >= 15 is 0 Å². The zero-order chi connectivity index (χ0) is 9.26. The summed E-state index contributed by atoms with van der Waals surface area (Å²) in [6.45, 7) is 0. The first-order chi connectivity index (χ1) is 6.36. The lowest BCUT2D eigenvalue weighted by Crippen LogP contribution is -1.83. The van der Waals surface area contributed by atoms with Gasteiger partial charge in [0, 0.05) is 48.1 Å². The van der Waals surface area contributed by atoms with Crippen LogP contribution >= 0.6 is 30.3 Å². The summed E-state index contributed by atoms with van der Waals surface area (Å²) in [5, 5.41) is 9.77. The minimum absolute atomic E-state index is 0.627. The zero-order valence-electron chi connectivity index (χ0n) is 6.44. The molecule has 0 unspecified atom stereocenters. The molecule has 0 aliphatic heterocycles. The Kier molecular flexibility index (Phi) is 2.42. The van der Waals surface area contributed by atoms with Crippen molar-refractivity contribution in [1.82, 2.24) is 8.96 Å². The minimum atomic E-state index is 0.627.